The molecule has 4 nitrogen and oxygen atoms in total. The van der Waals surface area contributed by atoms with Crippen molar-refractivity contribution in [2.24, 2.45) is 47.3 Å². The van der Waals surface area contributed by atoms with E-state index in [1.807, 2.05) is 0 Å². The summed E-state index contributed by atoms with van der Waals surface area (Å²) in [5.74, 6) is 2.24. The fourth-order valence-corrected chi connectivity index (χ4v) is 9.82. The van der Waals surface area contributed by atoms with Gasteiger partial charge in [-0.1, -0.05) is 0 Å². The molecule has 12 atom stereocenters. The molecule has 22 heavy (non-hydrogen) atoms. The largest absolute Gasteiger partial charge is 0.389 e. The molecular weight excluding hydrogens is 280 g/mol. The predicted molar refractivity (Wildman–Crippen MR) is 75.4 cm³/mol. The summed E-state index contributed by atoms with van der Waals surface area (Å²) in [7, 11) is 0. The lowest BCUT2D eigenvalue weighted by atomic mass is 9.17. The van der Waals surface area contributed by atoms with Gasteiger partial charge in [0.15, 0.2) is 0 Å². The first-order valence-electron chi connectivity index (χ1n) is 9.27. The minimum absolute atomic E-state index is 0.0321. The average molecular weight is 304 g/mol. The van der Waals surface area contributed by atoms with E-state index < -0.39 is 22.4 Å². The minimum atomic E-state index is -0.992. The van der Waals surface area contributed by atoms with Gasteiger partial charge in [-0.2, -0.15) is 0 Å². The number of fused-ring (bicyclic) bond motifs is 3. The van der Waals surface area contributed by atoms with E-state index in [9.17, 15) is 20.4 Å². The highest BCUT2D eigenvalue weighted by Crippen LogP contribution is 2.86. The molecule has 0 aromatic carbocycles. The molecule has 0 amide bonds. The Morgan fingerprint density at radius 3 is 1.36 bits per heavy atom. The molecule has 120 valence electrons. The Labute approximate surface area is 129 Å². The van der Waals surface area contributed by atoms with Crippen molar-refractivity contribution in [3.05, 3.63) is 0 Å². The molecule has 7 aliphatic rings. The molecular formula is C18H24O4. The maximum absolute atomic E-state index is 11.3. The first-order chi connectivity index (χ1) is 10.4. The van der Waals surface area contributed by atoms with Crippen LogP contribution < -0.4 is 0 Å². The Morgan fingerprint density at radius 2 is 0.955 bits per heavy atom. The lowest BCUT2D eigenvalue weighted by molar-refractivity contribution is -0.488. The van der Waals surface area contributed by atoms with Crippen LogP contribution in [0.5, 0.6) is 0 Å². The van der Waals surface area contributed by atoms with Crippen LogP contribution in [0, 0.1) is 47.3 Å². The van der Waals surface area contributed by atoms with Crippen LogP contribution in [-0.2, 0) is 0 Å². The van der Waals surface area contributed by atoms with Crippen LogP contribution in [0.1, 0.15) is 38.5 Å². The van der Waals surface area contributed by atoms with E-state index in [0.717, 1.165) is 12.8 Å². The Balaban J connectivity index is 1.48. The van der Waals surface area contributed by atoms with Crippen LogP contribution in [0.2, 0.25) is 0 Å². The van der Waals surface area contributed by atoms with E-state index in [1.54, 1.807) is 0 Å². The SMILES string of the molecule is OC12CCC3(O)C4C1C1C5C(CCC12)C1(O)CCC3(O)C4C51. The smallest absolute Gasteiger partial charge is 0.0973 e. The number of hydrogen-bond donors (Lipinski definition) is 4. The van der Waals surface area contributed by atoms with Crippen molar-refractivity contribution in [2.75, 3.05) is 0 Å². The Kier molecular flexibility index (Phi) is 1.57. The van der Waals surface area contributed by atoms with Gasteiger partial charge < -0.3 is 20.4 Å². The summed E-state index contributed by atoms with van der Waals surface area (Å²) < 4.78 is 0. The van der Waals surface area contributed by atoms with Crippen LogP contribution >= 0.6 is 0 Å². The number of hydrogen-bond acceptors (Lipinski definition) is 4. The normalized spacial score (nSPS) is 81.3. The van der Waals surface area contributed by atoms with E-state index in [2.05, 4.69) is 0 Å². The van der Waals surface area contributed by atoms with Crippen molar-refractivity contribution >= 4 is 0 Å². The third-order valence-electron chi connectivity index (χ3n) is 10.3. The number of rotatable bonds is 0. The van der Waals surface area contributed by atoms with E-state index in [4.69, 9.17) is 0 Å². The molecule has 0 bridgehead atoms. The van der Waals surface area contributed by atoms with E-state index >= 15 is 0 Å². The summed E-state index contributed by atoms with van der Waals surface area (Å²) in [6.45, 7) is 0. The van der Waals surface area contributed by atoms with Crippen molar-refractivity contribution in [1.82, 2.24) is 0 Å². The second kappa shape index (κ2) is 2.83. The van der Waals surface area contributed by atoms with E-state index in [-0.39, 0.29) is 23.7 Å². The number of aliphatic hydroxyl groups is 4. The van der Waals surface area contributed by atoms with Gasteiger partial charge in [-0.15, -0.1) is 0 Å². The van der Waals surface area contributed by atoms with Crippen LogP contribution in [0.4, 0.5) is 0 Å². The Bertz CT molecular complexity index is 583. The summed E-state index contributed by atoms with van der Waals surface area (Å²) in [6, 6.07) is 0. The summed E-state index contributed by atoms with van der Waals surface area (Å²) >= 11 is 0. The first kappa shape index (κ1) is 12.2. The highest BCUT2D eigenvalue weighted by atomic mass is 16.4. The zero-order valence-corrected chi connectivity index (χ0v) is 12.7. The Morgan fingerprint density at radius 1 is 0.545 bits per heavy atom. The fraction of sp³-hybridized carbons (Fsp3) is 1.00. The van der Waals surface area contributed by atoms with Crippen molar-refractivity contribution in [3.63, 3.8) is 0 Å². The monoisotopic (exact) mass is 304 g/mol. The summed E-state index contributed by atoms with van der Waals surface area (Å²) in [5, 5.41) is 45.1. The second-order valence-electron chi connectivity index (χ2n) is 9.88. The molecule has 7 saturated carbocycles. The molecule has 0 heterocycles. The van der Waals surface area contributed by atoms with Gasteiger partial charge in [0, 0.05) is 11.8 Å². The molecule has 0 saturated heterocycles. The molecule has 7 fully saturated rings. The summed E-state index contributed by atoms with van der Waals surface area (Å²) in [5.41, 5.74) is -3.14. The molecule has 0 aliphatic heterocycles. The molecule has 0 aromatic heterocycles. The fourth-order valence-electron chi connectivity index (χ4n) is 9.82. The first-order valence-corrected chi connectivity index (χ1v) is 9.27. The maximum Gasteiger partial charge on any atom is 0.0973 e. The zero-order chi connectivity index (χ0) is 14.9. The summed E-state index contributed by atoms with van der Waals surface area (Å²) in [4.78, 5) is 0. The van der Waals surface area contributed by atoms with Gasteiger partial charge in [-0.25, -0.2) is 0 Å². The zero-order valence-electron chi connectivity index (χ0n) is 12.7. The van der Waals surface area contributed by atoms with Crippen LogP contribution in [-0.4, -0.2) is 42.8 Å². The molecule has 4 heteroatoms. The van der Waals surface area contributed by atoms with Gasteiger partial charge in [0.2, 0.25) is 0 Å². The topological polar surface area (TPSA) is 80.9 Å². The van der Waals surface area contributed by atoms with E-state index in [0.29, 0.717) is 49.4 Å². The highest BCUT2D eigenvalue weighted by Gasteiger charge is 2.92. The molecule has 4 N–H and O–H groups in total. The van der Waals surface area contributed by atoms with Gasteiger partial charge in [0.25, 0.3) is 0 Å². The van der Waals surface area contributed by atoms with Gasteiger partial charge in [-0.3, -0.25) is 0 Å². The third-order valence-corrected chi connectivity index (χ3v) is 10.3. The molecule has 0 spiro atoms. The Hall–Kier alpha value is -0.160. The molecule has 0 aromatic rings. The standard InChI is InChI=1S/C18H24O4/c19-15-3-5-17(21)13-11(15)9-7(15)1-2-8-10(9)12-14(13)18(17,22)6-4-16(8,12)20/h7-14,19-22H,1-6H2. The van der Waals surface area contributed by atoms with Crippen LogP contribution in [0.25, 0.3) is 0 Å². The van der Waals surface area contributed by atoms with Crippen molar-refractivity contribution in [3.8, 4) is 0 Å². The van der Waals surface area contributed by atoms with E-state index in [1.165, 1.54) is 0 Å². The molecule has 7 aliphatic carbocycles. The van der Waals surface area contributed by atoms with Crippen LogP contribution in [0.15, 0.2) is 0 Å². The van der Waals surface area contributed by atoms with Crippen molar-refractivity contribution < 1.29 is 20.4 Å². The minimum Gasteiger partial charge on any atom is -0.389 e. The van der Waals surface area contributed by atoms with Gasteiger partial charge in [-0.05, 0) is 74.0 Å². The highest BCUT2D eigenvalue weighted by molar-refractivity contribution is 5.40. The quantitative estimate of drug-likeness (QED) is 0.518. The molecule has 0 radical (unpaired) electrons. The third kappa shape index (κ3) is 0.767. The second-order valence-corrected chi connectivity index (χ2v) is 9.88. The maximum atomic E-state index is 11.3. The van der Waals surface area contributed by atoms with Crippen LogP contribution in [0.3, 0.4) is 0 Å². The molecule has 12 unspecified atom stereocenters. The van der Waals surface area contributed by atoms with Crippen molar-refractivity contribution in [1.29, 1.82) is 0 Å². The summed E-state index contributed by atoms with van der Waals surface area (Å²) in [6.07, 6.45) is 4.50. The lowest BCUT2D eigenvalue weighted by Gasteiger charge is -2.89. The lowest BCUT2D eigenvalue weighted by Crippen LogP contribution is -2.95. The molecule has 7 rings (SSSR count). The van der Waals surface area contributed by atoms with Gasteiger partial charge in [0.1, 0.15) is 0 Å². The van der Waals surface area contributed by atoms with Crippen molar-refractivity contribution in [2.45, 2.75) is 60.9 Å². The average Bonchev–Trinajstić information content (AvgIpc) is 2.51. The predicted octanol–water partition coefficient (Wildman–Crippen LogP) is 0.276. The van der Waals surface area contributed by atoms with Gasteiger partial charge in [0.05, 0.1) is 22.4 Å². The van der Waals surface area contributed by atoms with Gasteiger partial charge >= 0.3 is 0 Å².